The third kappa shape index (κ3) is 3.66. The van der Waals surface area contributed by atoms with Crippen molar-refractivity contribution in [1.29, 1.82) is 0 Å². The SMILES string of the molecule is O=C(c1ccc(SCc2nc3ccccc3n2C(F)F)nc1)N1CCCC1. The number of imidazole rings is 1. The summed E-state index contributed by atoms with van der Waals surface area (Å²) in [6, 6.07) is 10.4. The predicted molar refractivity (Wildman–Crippen MR) is 99.9 cm³/mol. The van der Waals surface area contributed by atoms with E-state index in [1.807, 2.05) is 4.90 Å². The lowest BCUT2D eigenvalue weighted by Gasteiger charge is -2.14. The first-order valence-corrected chi connectivity index (χ1v) is 9.74. The van der Waals surface area contributed by atoms with Crippen molar-refractivity contribution >= 4 is 28.7 Å². The molecule has 0 bridgehead atoms. The molecule has 1 aliphatic heterocycles. The van der Waals surface area contributed by atoms with E-state index in [1.165, 1.54) is 11.8 Å². The molecular formula is C19H18F2N4OS. The van der Waals surface area contributed by atoms with Gasteiger partial charge in [0.05, 0.1) is 27.4 Å². The molecule has 0 atom stereocenters. The van der Waals surface area contributed by atoms with Crippen LogP contribution in [0.5, 0.6) is 0 Å². The van der Waals surface area contributed by atoms with Gasteiger partial charge in [-0.05, 0) is 37.1 Å². The molecule has 3 heterocycles. The van der Waals surface area contributed by atoms with Gasteiger partial charge in [0.25, 0.3) is 5.91 Å². The van der Waals surface area contributed by atoms with Gasteiger partial charge >= 0.3 is 6.55 Å². The van der Waals surface area contributed by atoms with Crippen LogP contribution in [-0.4, -0.2) is 38.4 Å². The molecule has 1 fully saturated rings. The van der Waals surface area contributed by atoms with E-state index in [1.54, 1.807) is 42.6 Å². The molecule has 2 aromatic heterocycles. The first kappa shape index (κ1) is 17.9. The van der Waals surface area contributed by atoms with E-state index >= 15 is 0 Å². The van der Waals surface area contributed by atoms with E-state index in [9.17, 15) is 13.6 Å². The number of hydrogen-bond donors (Lipinski definition) is 0. The summed E-state index contributed by atoms with van der Waals surface area (Å²) < 4.78 is 27.9. The van der Waals surface area contributed by atoms with Crippen LogP contribution in [0, 0.1) is 0 Å². The van der Waals surface area contributed by atoms with Gasteiger partial charge in [-0.3, -0.25) is 9.36 Å². The van der Waals surface area contributed by atoms with Gasteiger partial charge in [0.15, 0.2) is 0 Å². The van der Waals surface area contributed by atoms with Gasteiger partial charge in [0, 0.05) is 19.3 Å². The third-order valence-electron chi connectivity index (χ3n) is 4.59. The van der Waals surface area contributed by atoms with Crippen molar-refractivity contribution in [3.63, 3.8) is 0 Å². The molecule has 0 saturated carbocycles. The number of carbonyl (C=O) groups excluding carboxylic acids is 1. The molecule has 4 rings (SSSR count). The molecule has 1 aromatic carbocycles. The number of aromatic nitrogens is 3. The van der Waals surface area contributed by atoms with Crippen LogP contribution in [0.1, 0.15) is 35.6 Å². The highest BCUT2D eigenvalue weighted by Gasteiger charge is 2.20. The second kappa shape index (κ2) is 7.64. The third-order valence-corrected chi connectivity index (χ3v) is 5.53. The quantitative estimate of drug-likeness (QED) is 0.610. The largest absolute Gasteiger partial charge is 0.339 e. The highest BCUT2D eigenvalue weighted by Crippen LogP contribution is 2.28. The van der Waals surface area contributed by atoms with Crippen LogP contribution in [0.2, 0.25) is 0 Å². The second-order valence-electron chi connectivity index (χ2n) is 6.34. The zero-order valence-corrected chi connectivity index (χ0v) is 15.3. The fourth-order valence-corrected chi connectivity index (χ4v) is 4.02. The molecule has 0 spiro atoms. The Hall–Kier alpha value is -2.48. The summed E-state index contributed by atoms with van der Waals surface area (Å²) in [6.07, 6.45) is 3.63. The molecule has 8 heteroatoms. The molecular weight excluding hydrogens is 370 g/mol. The summed E-state index contributed by atoms with van der Waals surface area (Å²) in [6.45, 7) is -1.07. The average Bonchev–Trinajstić information content (AvgIpc) is 3.33. The normalized spacial score (nSPS) is 14.4. The van der Waals surface area contributed by atoms with Crippen LogP contribution in [0.4, 0.5) is 8.78 Å². The molecule has 1 aliphatic rings. The first-order chi connectivity index (χ1) is 13.1. The number of carbonyl (C=O) groups is 1. The Morgan fingerprint density at radius 3 is 2.63 bits per heavy atom. The van der Waals surface area contributed by atoms with Crippen LogP contribution >= 0.6 is 11.8 Å². The van der Waals surface area contributed by atoms with Crippen molar-refractivity contribution in [2.75, 3.05) is 13.1 Å². The standard InChI is InChI=1S/C19H18F2N4OS/c20-19(21)25-15-6-2-1-5-14(15)23-16(25)12-27-17-8-7-13(11-22-17)18(26)24-9-3-4-10-24/h1-2,5-8,11,19H,3-4,9-10,12H2. The van der Waals surface area contributed by atoms with Crippen molar-refractivity contribution in [3.05, 3.63) is 54.0 Å². The van der Waals surface area contributed by atoms with Crippen LogP contribution in [-0.2, 0) is 5.75 Å². The lowest BCUT2D eigenvalue weighted by atomic mass is 10.2. The summed E-state index contributed by atoms with van der Waals surface area (Å²) in [4.78, 5) is 22.8. The van der Waals surface area contributed by atoms with E-state index in [0.29, 0.717) is 27.4 Å². The minimum atomic E-state index is -2.65. The molecule has 1 saturated heterocycles. The summed E-state index contributed by atoms with van der Waals surface area (Å²) in [7, 11) is 0. The van der Waals surface area contributed by atoms with Crippen molar-refractivity contribution < 1.29 is 13.6 Å². The molecule has 5 nitrogen and oxygen atoms in total. The van der Waals surface area contributed by atoms with Gasteiger partial charge in [0.2, 0.25) is 0 Å². The number of halogens is 2. The lowest BCUT2D eigenvalue weighted by molar-refractivity contribution is 0.0722. The van der Waals surface area contributed by atoms with E-state index < -0.39 is 6.55 Å². The zero-order chi connectivity index (χ0) is 18.8. The maximum absolute atomic E-state index is 13.5. The van der Waals surface area contributed by atoms with Gasteiger partial charge < -0.3 is 4.90 Å². The van der Waals surface area contributed by atoms with Crippen molar-refractivity contribution in [3.8, 4) is 0 Å². The number of amides is 1. The maximum Gasteiger partial charge on any atom is 0.320 e. The number of thioether (sulfide) groups is 1. The molecule has 3 aromatic rings. The number of nitrogens with zero attached hydrogens (tertiary/aromatic N) is 4. The number of pyridine rings is 1. The van der Waals surface area contributed by atoms with Gasteiger partial charge in [-0.1, -0.05) is 23.9 Å². The lowest BCUT2D eigenvalue weighted by Crippen LogP contribution is -2.27. The van der Waals surface area contributed by atoms with E-state index in [0.717, 1.165) is 30.5 Å². The second-order valence-corrected chi connectivity index (χ2v) is 7.33. The number of likely N-dealkylation sites (tertiary alicyclic amines) is 1. The molecule has 0 N–H and O–H groups in total. The van der Waals surface area contributed by atoms with Crippen molar-refractivity contribution in [2.45, 2.75) is 30.2 Å². The maximum atomic E-state index is 13.5. The molecule has 0 radical (unpaired) electrons. The van der Waals surface area contributed by atoms with Crippen molar-refractivity contribution in [2.24, 2.45) is 0 Å². The molecule has 0 unspecified atom stereocenters. The van der Waals surface area contributed by atoms with Crippen LogP contribution < -0.4 is 0 Å². The molecule has 0 aliphatic carbocycles. The topological polar surface area (TPSA) is 51.0 Å². The Morgan fingerprint density at radius 2 is 1.93 bits per heavy atom. The summed E-state index contributed by atoms with van der Waals surface area (Å²) in [5.74, 6) is 0.567. The Balaban J connectivity index is 1.48. The van der Waals surface area contributed by atoms with Gasteiger partial charge in [-0.15, -0.1) is 0 Å². The number of rotatable bonds is 5. The Labute approximate surface area is 159 Å². The van der Waals surface area contributed by atoms with Gasteiger partial charge in [0.1, 0.15) is 5.82 Å². The fourth-order valence-electron chi connectivity index (χ4n) is 3.25. The number of fused-ring (bicyclic) bond motifs is 1. The molecule has 140 valence electrons. The smallest absolute Gasteiger partial charge is 0.320 e. The predicted octanol–water partition coefficient (Wildman–Crippen LogP) is 4.35. The molecule has 1 amide bonds. The van der Waals surface area contributed by atoms with E-state index in [4.69, 9.17) is 0 Å². The highest BCUT2D eigenvalue weighted by atomic mass is 32.2. The Kier molecular flexibility index (Phi) is 5.07. The highest BCUT2D eigenvalue weighted by molar-refractivity contribution is 7.98. The summed E-state index contributed by atoms with van der Waals surface area (Å²) in [5, 5.41) is 0.667. The van der Waals surface area contributed by atoms with Gasteiger partial charge in [-0.2, -0.15) is 8.78 Å². The number of alkyl halides is 2. The van der Waals surface area contributed by atoms with Crippen LogP contribution in [0.25, 0.3) is 11.0 Å². The number of benzene rings is 1. The van der Waals surface area contributed by atoms with E-state index in [2.05, 4.69) is 9.97 Å². The molecule has 27 heavy (non-hydrogen) atoms. The van der Waals surface area contributed by atoms with E-state index in [-0.39, 0.29) is 11.7 Å². The van der Waals surface area contributed by atoms with Crippen molar-refractivity contribution in [1.82, 2.24) is 19.4 Å². The zero-order valence-electron chi connectivity index (χ0n) is 14.5. The Morgan fingerprint density at radius 1 is 1.15 bits per heavy atom. The Bertz CT molecular complexity index is 952. The minimum Gasteiger partial charge on any atom is -0.339 e. The summed E-state index contributed by atoms with van der Waals surface area (Å²) >= 11 is 1.32. The number of para-hydroxylation sites is 2. The van der Waals surface area contributed by atoms with Crippen LogP contribution in [0.3, 0.4) is 0 Å². The number of hydrogen-bond acceptors (Lipinski definition) is 4. The van der Waals surface area contributed by atoms with Gasteiger partial charge in [-0.25, -0.2) is 9.97 Å². The van der Waals surface area contributed by atoms with Crippen LogP contribution in [0.15, 0.2) is 47.6 Å². The summed E-state index contributed by atoms with van der Waals surface area (Å²) in [5.41, 5.74) is 1.52. The fraction of sp³-hybridized carbons (Fsp3) is 0.316. The monoisotopic (exact) mass is 388 g/mol. The minimum absolute atomic E-state index is 0.00366. The first-order valence-electron chi connectivity index (χ1n) is 8.75. The average molecular weight is 388 g/mol.